The number of fused-ring (bicyclic) bond motifs is 1. The van der Waals surface area contributed by atoms with Gasteiger partial charge in [-0.05, 0) is 26.7 Å². The molecule has 1 saturated heterocycles. The predicted molar refractivity (Wildman–Crippen MR) is 90.1 cm³/mol. The van der Waals surface area contributed by atoms with Crippen molar-refractivity contribution in [1.82, 2.24) is 13.7 Å². The van der Waals surface area contributed by atoms with Crippen molar-refractivity contribution in [3.63, 3.8) is 0 Å². The number of piperidine rings is 1. The van der Waals surface area contributed by atoms with E-state index in [1.54, 1.807) is 15.6 Å². The van der Waals surface area contributed by atoms with Crippen LogP contribution in [0.1, 0.15) is 36.0 Å². The number of sulfonamides is 1. The summed E-state index contributed by atoms with van der Waals surface area (Å²) in [5.74, 6) is 1.39. The predicted octanol–water partition coefficient (Wildman–Crippen LogP) is 2.71. The highest BCUT2D eigenvalue weighted by Gasteiger charge is 2.30. The summed E-state index contributed by atoms with van der Waals surface area (Å²) in [5, 5.41) is 2.15. The fraction of sp³-hybridized carbons (Fsp3) is 0.533. The number of imidazole rings is 1. The molecule has 0 atom stereocenters. The van der Waals surface area contributed by atoms with Crippen LogP contribution in [0.15, 0.2) is 18.0 Å². The quantitative estimate of drug-likeness (QED) is 0.805. The van der Waals surface area contributed by atoms with Crippen LogP contribution in [0.5, 0.6) is 0 Å². The second kappa shape index (κ2) is 5.79. The second-order valence-electron chi connectivity index (χ2n) is 5.80. The summed E-state index contributed by atoms with van der Waals surface area (Å²) in [7, 11) is -3.18. The van der Waals surface area contributed by atoms with Crippen molar-refractivity contribution < 1.29 is 8.42 Å². The molecule has 1 aliphatic heterocycles. The summed E-state index contributed by atoms with van der Waals surface area (Å²) in [5.41, 5.74) is 2.35. The molecule has 0 aromatic carbocycles. The molecule has 0 aliphatic carbocycles. The van der Waals surface area contributed by atoms with Crippen molar-refractivity contribution in [2.45, 2.75) is 32.6 Å². The van der Waals surface area contributed by atoms with E-state index in [9.17, 15) is 8.42 Å². The first-order valence-corrected chi connectivity index (χ1v) is 9.94. The van der Waals surface area contributed by atoms with E-state index in [1.165, 1.54) is 16.6 Å². The minimum Gasteiger partial charge on any atom is -0.292 e. The summed E-state index contributed by atoms with van der Waals surface area (Å²) in [6.07, 6.45) is 3.12. The average Bonchev–Trinajstić information content (AvgIpc) is 3.01. The molecule has 0 saturated carbocycles. The third-order valence-corrected chi connectivity index (χ3v) is 7.17. The van der Waals surface area contributed by atoms with E-state index >= 15 is 0 Å². The highest BCUT2D eigenvalue weighted by atomic mass is 32.2. The van der Waals surface area contributed by atoms with Crippen LogP contribution in [-0.4, -0.2) is 41.0 Å². The molecule has 0 spiro atoms. The number of hydrogen-bond acceptors (Lipinski definition) is 4. The van der Waals surface area contributed by atoms with Crippen LogP contribution in [0, 0.1) is 13.8 Å². The molecule has 0 radical (unpaired) electrons. The SMILES string of the molecule is C=CCS(=O)(=O)N1CCC(c2nc(C)n3c(C)csc23)CC1. The van der Waals surface area contributed by atoms with E-state index in [0.717, 1.165) is 24.4 Å². The van der Waals surface area contributed by atoms with Crippen LogP contribution in [0.3, 0.4) is 0 Å². The van der Waals surface area contributed by atoms with Crippen molar-refractivity contribution in [2.75, 3.05) is 18.8 Å². The Labute approximate surface area is 135 Å². The number of rotatable bonds is 4. The highest BCUT2D eigenvalue weighted by molar-refractivity contribution is 7.89. The molecule has 7 heteroatoms. The molecule has 2 aromatic heterocycles. The van der Waals surface area contributed by atoms with Gasteiger partial charge < -0.3 is 0 Å². The molecule has 0 amide bonds. The average molecular weight is 339 g/mol. The van der Waals surface area contributed by atoms with Crippen molar-refractivity contribution in [2.24, 2.45) is 0 Å². The van der Waals surface area contributed by atoms with Crippen LogP contribution in [0.4, 0.5) is 0 Å². The zero-order chi connectivity index (χ0) is 15.9. The lowest BCUT2D eigenvalue weighted by Gasteiger charge is -2.30. The first-order valence-electron chi connectivity index (χ1n) is 7.46. The molecular weight excluding hydrogens is 318 g/mol. The van der Waals surface area contributed by atoms with Crippen LogP contribution < -0.4 is 0 Å². The van der Waals surface area contributed by atoms with Crippen LogP contribution in [0.2, 0.25) is 0 Å². The zero-order valence-electron chi connectivity index (χ0n) is 12.9. The van der Waals surface area contributed by atoms with E-state index in [4.69, 9.17) is 4.98 Å². The molecule has 0 N–H and O–H groups in total. The second-order valence-corrected chi connectivity index (χ2v) is 8.67. The van der Waals surface area contributed by atoms with Gasteiger partial charge in [0.2, 0.25) is 10.0 Å². The Balaban J connectivity index is 1.80. The van der Waals surface area contributed by atoms with Crippen LogP contribution in [0.25, 0.3) is 4.83 Å². The molecule has 5 nitrogen and oxygen atoms in total. The first kappa shape index (κ1) is 15.7. The van der Waals surface area contributed by atoms with Crippen LogP contribution >= 0.6 is 11.3 Å². The molecule has 0 unspecified atom stereocenters. The van der Waals surface area contributed by atoms with Gasteiger partial charge in [0.05, 0.1) is 11.4 Å². The standard InChI is InChI=1S/C15H21N3O2S2/c1-4-9-22(19,20)17-7-5-13(6-8-17)14-15-18(12(3)16-14)11(2)10-21-15/h4,10,13H,1,5-9H2,2-3H3. The Bertz CT molecular complexity index is 796. The van der Waals surface area contributed by atoms with Crippen molar-refractivity contribution in [1.29, 1.82) is 0 Å². The molecule has 2 aromatic rings. The summed E-state index contributed by atoms with van der Waals surface area (Å²) in [4.78, 5) is 5.96. The maximum atomic E-state index is 12.1. The topological polar surface area (TPSA) is 54.7 Å². The third kappa shape index (κ3) is 2.61. The molecular formula is C15H21N3O2S2. The van der Waals surface area contributed by atoms with E-state index in [0.29, 0.717) is 19.0 Å². The van der Waals surface area contributed by atoms with Gasteiger partial charge in [-0.2, -0.15) is 0 Å². The fourth-order valence-electron chi connectivity index (χ4n) is 3.18. The van der Waals surface area contributed by atoms with E-state index < -0.39 is 10.0 Å². The Kier molecular flexibility index (Phi) is 4.13. The Morgan fingerprint density at radius 2 is 2.09 bits per heavy atom. The monoisotopic (exact) mass is 339 g/mol. The summed E-state index contributed by atoms with van der Waals surface area (Å²) < 4.78 is 28.0. The summed E-state index contributed by atoms with van der Waals surface area (Å²) >= 11 is 1.72. The molecule has 22 heavy (non-hydrogen) atoms. The Hall–Kier alpha value is -1.18. The van der Waals surface area contributed by atoms with Gasteiger partial charge in [-0.15, -0.1) is 17.9 Å². The molecule has 1 fully saturated rings. The summed E-state index contributed by atoms with van der Waals surface area (Å²) in [6.45, 7) is 8.79. The van der Waals surface area contributed by atoms with Gasteiger partial charge >= 0.3 is 0 Å². The fourth-order valence-corrected chi connectivity index (χ4v) is 5.56. The van der Waals surface area contributed by atoms with E-state index in [-0.39, 0.29) is 5.75 Å². The molecule has 3 rings (SSSR count). The van der Waals surface area contributed by atoms with Crippen molar-refractivity contribution >= 4 is 26.2 Å². The first-order chi connectivity index (χ1) is 10.4. The number of aryl methyl sites for hydroxylation is 2. The molecule has 1 aliphatic rings. The van der Waals surface area contributed by atoms with Crippen LogP contribution in [-0.2, 0) is 10.0 Å². The van der Waals surface area contributed by atoms with Gasteiger partial charge in [0.1, 0.15) is 10.7 Å². The number of hydrogen-bond donors (Lipinski definition) is 0. The van der Waals surface area contributed by atoms with Crippen molar-refractivity contribution in [3.8, 4) is 0 Å². The normalized spacial score (nSPS) is 18.1. The largest absolute Gasteiger partial charge is 0.292 e. The number of aromatic nitrogens is 2. The van der Waals surface area contributed by atoms with E-state index in [1.807, 2.05) is 6.92 Å². The maximum Gasteiger partial charge on any atom is 0.217 e. The van der Waals surface area contributed by atoms with Gasteiger partial charge in [-0.3, -0.25) is 4.40 Å². The van der Waals surface area contributed by atoms with E-state index in [2.05, 4.69) is 23.3 Å². The minimum atomic E-state index is -3.18. The Morgan fingerprint density at radius 3 is 2.73 bits per heavy atom. The van der Waals surface area contributed by atoms with Gasteiger partial charge in [0.25, 0.3) is 0 Å². The smallest absolute Gasteiger partial charge is 0.217 e. The lowest BCUT2D eigenvalue weighted by Crippen LogP contribution is -2.38. The van der Waals surface area contributed by atoms with Gasteiger partial charge in [-0.1, -0.05) is 6.08 Å². The maximum absolute atomic E-state index is 12.1. The lowest BCUT2D eigenvalue weighted by atomic mass is 9.95. The lowest BCUT2D eigenvalue weighted by molar-refractivity contribution is 0.319. The Morgan fingerprint density at radius 1 is 1.41 bits per heavy atom. The highest BCUT2D eigenvalue weighted by Crippen LogP contribution is 2.34. The number of thiazole rings is 1. The minimum absolute atomic E-state index is 0.0234. The van der Waals surface area contributed by atoms with Gasteiger partial charge in [0, 0.05) is 30.1 Å². The van der Waals surface area contributed by atoms with Gasteiger partial charge in [-0.25, -0.2) is 17.7 Å². The molecule has 0 bridgehead atoms. The zero-order valence-corrected chi connectivity index (χ0v) is 14.6. The molecule has 120 valence electrons. The third-order valence-electron chi connectivity index (χ3n) is 4.28. The molecule has 3 heterocycles. The summed E-state index contributed by atoms with van der Waals surface area (Å²) in [6, 6.07) is 0. The van der Waals surface area contributed by atoms with Gasteiger partial charge in [0.15, 0.2) is 0 Å². The number of nitrogens with zero attached hydrogens (tertiary/aromatic N) is 3. The van der Waals surface area contributed by atoms with Crippen molar-refractivity contribution in [3.05, 3.63) is 35.2 Å².